The van der Waals surface area contributed by atoms with Gasteiger partial charge in [0, 0.05) is 27.9 Å². The number of nitrogens with zero attached hydrogens (tertiary/aromatic N) is 1. The van der Waals surface area contributed by atoms with Gasteiger partial charge in [-0.25, -0.2) is 4.79 Å². The van der Waals surface area contributed by atoms with Gasteiger partial charge in [-0.05, 0) is 36.4 Å². The summed E-state index contributed by atoms with van der Waals surface area (Å²) in [6, 6.07) is 16.3. The van der Waals surface area contributed by atoms with Crippen molar-refractivity contribution in [3.63, 3.8) is 0 Å². The summed E-state index contributed by atoms with van der Waals surface area (Å²) in [5.41, 5.74) is 0.202. The first-order valence-electron chi connectivity index (χ1n) is 8.05. The molecule has 0 aromatic heterocycles. The van der Waals surface area contributed by atoms with E-state index in [0.717, 1.165) is 6.07 Å². The first-order chi connectivity index (χ1) is 13.4. The summed E-state index contributed by atoms with van der Waals surface area (Å²) in [6.07, 6.45) is 0. The molecule has 0 heterocycles. The van der Waals surface area contributed by atoms with E-state index in [9.17, 15) is 24.8 Å². The molecule has 0 saturated heterocycles. The Morgan fingerprint density at radius 3 is 2.32 bits per heavy atom. The van der Waals surface area contributed by atoms with Crippen LogP contribution in [0.4, 0.5) is 17.1 Å². The molecule has 28 heavy (non-hydrogen) atoms. The van der Waals surface area contributed by atoms with Crippen LogP contribution >= 0.6 is 11.6 Å². The summed E-state index contributed by atoms with van der Waals surface area (Å²) < 4.78 is 0. The Kier molecular flexibility index (Phi) is 5.37. The van der Waals surface area contributed by atoms with Crippen LogP contribution in [0.3, 0.4) is 0 Å². The van der Waals surface area contributed by atoms with Gasteiger partial charge in [0.05, 0.1) is 10.5 Å². The molecule has 0 radical (unpaired) electrons. The van der Waals surface area contributed by atoms with E-state index in [0.29, 0.717) is 10.7 Å². The van der Waals surface area contributed by atoms with Crippen LogP contribution in [-0.4, -0.2) is 21.8 Å². The van der Waals surface area contributed by atoms with E-state index in [4.69, 9.17) is 11.6 Å². The Bertz CT molecular complexity index is 1100. The van der Waals surface area contributed by atoms with Crippen LogP contribution < -0.4 is 5.32 Å². The number of benzene rings is 3. The quantitative estimate of drug-likeness (QED) is 0.347. The van der Waals surface area contributed by atoms with Crippen LogP contribution in [0.25, 0.3) is 0 Å². The zero-order valence-electron chi connectivity index (χ0n) is 14.3. The fraction of sp³-hybridized carbons (Fsp3) is 0. The molecule has 0 spiro atoms. The van der Waals surface area contributed by atoms with Crippen molar-refractivity contribution >= 4 is 40.4 Å². The van der Waals surface area contributed by atoms with Gasteiger partial charge >= 0.3 is 5.97 Å². The van der Waals surface area contributed by atoms with Crippen molar-refractivity contribution in [2.45, 2.75) is 0 Å². The van der Waals surface area contributed by atoms with Gasteiger partial charge in [0.2, 0.25) is 0 Å². The number of aromatic carboxylic acids is 1. The minimum atomic E-state index is -1.25. The summed E-state index contributed by atoms with van der Waals surface area (Å²) in [7, 11) is 0. The number of rotatable bonds is 6. The summed E-state index contributed by atoms with van der Waals surface area (Å²) in [6.45, 7) is 0. The zero-order chi connectivity index (χ0) is 20.3. The average Bonchev–Trinajstić information content (AvgIpc) is 2.67. The van der Waals surface area contributed by atoms with Gasteiger partial charge < -0.3 is 10.4 Å². The van der Waals surface area contributed by atoms with Crippen molar-refractivity contribution in [3.05, 3.63) is 98.6 Å². The Morgan fingerprint density at radius 1 is 0.964 bits per heavy atom. The lowest BCUT2D eigenvalue weighted by Gasteiger charge is -2.10. The molecular formula is C20H13ClN2O5. The predicted molar refractivity (Wildman–Crippen MR) is 105 cm³/mol. The average molecular weight is 397 g/mol. The number of carbonyl (C=O) groups is 2. The Labute approximate surface area is 164 Å². The van der Waals surface area contributed by atoms with E-state index in [1.54, 1.807) is 24.3 Å². The monoisotopic (exact) mass is 396 g/mol. The van der Waals surface area contributed by atoms with Crippen LogP contribution in [0.15, 0.2) is 66.7 Å². The molecule has 140 valence electrons. The molecule has 0 aliphatic heterocycles. The maximum atomic E-state index is 12.7. The van der Waals surface area contributed by atoms with Crippen molar-refractivity contribution in [2.75, 3.05) is 5.32 Å². The third-order valence-corrected chi connectivity index (χ3v) is 4.20. The van der Waals surface area contributed by atoms with Crippen molar-refractivity contribution in [1.82, 2.24) is 0 Å². The summed E-state index contributed by atoms with van der Waals surface area (Å²) >= 11 is 5.92. The largest absolute Gasteiger partial charge is 0.478 e. The van der Waals surface area contributed by atoms with Gasteiger partial charge in [-0.2, -0.15) is 0 Å². The first-order valence-corrected chi connectivity index (χ1v) is 8.42. The SMILES string of the molecule is O=C(O)c1ccccc1C(=O)c1ccc(Nc2cccc(Cl)c2)c([N+](=O)[O-])c1. The van der Waals surface area contributed by atoms with Crippen molar-refractivity contribution < 1.29 is 19.6 Å². The highest BCUT2D eigenvalue weighted by molar-refractivity contribution is 6.30. The van der Waals surface area contributed by atoms with Crippen LogP contribution in [0.5, 0.6) is 0 Å². The molecule has 2 N–H and O–H groups in total. The van der Waals surface area contributed by atoms with Gasteiger partial charge in [-0.3, -0.25) is 14.9 Å². The highest BCUT2D eigenvalue weighted by atomic mass is 35.5. The molecule has 0 aliphatic rings. The van der Waals surface area contributed by atoms with Crippen LogP contribution in [-0.2, 0) is 0 Å². The standard InChI is InChI=1S/C20H13ClN2O5/c21-13-4-3-5-14(11-13)22-17-9-8-12(10-18(17)23(27)28)19(24)15-6-1-2-7-16(15)20(25)26/h1-11,22H,(H,25,26). The number of carboxylic acids is 1. The third-order valence-electron chi connectivity index (χ3n) is 3.96. The smallest absolute Gasteiger partial charge is 0.336 e. The van der Waals surface area contributed by atoms with E-state index in [1.165, 1.54) is 36.4 Å². The molecule has 3 aromatic rings. The fourth-order valence-electron chi connectivity index (χ4n) is 2.67. The predicted octanol–water partition coefficient (Wildman–Crippen LogP) is 4.92. The Hall–Kier alpha value is -3.71. The van der Waals surface area contributed by atoms with E-state index in [1.807, 2.05) is 0 Å². The fourth-order valence-corrected chi connectivity index (χ4v) is 2.86. The van der Waals surface area contributed by atoms with Crippen LogP contribution in [0, 0.1) is 10.1 Å². The number of hydrogen-bond acceptors (Lipinski definition) is 5. The number of ketones is 1. The number of hydrogen-bond donors (Lipinski definition) is 2. The molecule has 0 aliphatic carbocycles. The van der Waals surface area contributed by atoms with Crippen molar-refractivity contribution in [3.8, 4) is 0 Å². The topological polar surface area (TPSA) is 110 Å². The number of nitro benzene ring substituents is 1. The lowest BCUT2D eigenvalue weighted by atomic mass is 9.97. The second kappa shape index (κ2) is 7.89. The number of carboxylic acid groups (broad SMARTS) is 1. The minimum Gasteiger partial charge on any atom is -0.478 e. The highest BCUT2D eigenvalue weighted by Gasteiger charge is 2.22. The van der Waals surface area contributed by atoms with Gasteiger partial charge in [0.15, 0.2) is 5.78 Å². The summed E-state index contributed by atoms with van der Waals surface area (Å²) in [5.74, 6) is -1.87. The van der Waals surface area contributed by atoms with Gasteiger partial charge in [0.25, 0.3) is 5.69 Å². The molecule has 0 saturated carbocycles. The maximum absolute atomic E-state index is 12.7. The van der Waals surface area contributed by atoms with E-state index < -0.39 is 16.7 Å². The second-order valence-electron chi connectivity index (χ2n) is 5.80. The number of anilines is 2. The molecule has 0 bridgehead atoms. The number of nitrogens with one attached hydrogen (secondary N) is 1. The van der Waals surface area contributed by atoms with E-state index >= 15 is 0 Å². The van der Waals surface area contributed by atoms with Crippen LogP contribution in [0.2, 0.25) is 5.02 Å². The summed E-state index contributed by atoms with van der Waals surface area (Å²) in [5, 5.41) is 24.1. The second-order valence-corrected chi connectivity index (χ2v) is 6.24. The van der Waals surface area contributed by atoms with Crippen LogP contribution in [0.1, 0.15) is 26.3 Å². The third kappa shape index (κ3) is 3.99. The number of halogens is 1. The van der Waals surface area contributed by atoms with E-state index in [-0.39, 0.29) is 28.1 Å². The molecule has 8 heteroatoms. The molecule has 0 amide bonds. The van der Waals surface area contributed by atoms with Gasteiger partial charge in [0.1, 0.15) is 5.69 Å². The molecule has 0 unspecified atom stereocenters. The molecule has 7 nitrogen and oxygen atoms in total. The van der Waals surface area contributed by atoms with Gasteiger partial charge in [-0.1, -0.05) is 35.9 Å². The Balaban J connectivity index is 2.01. The lowest BCUT2D eigenvalue weighted by Crippen LogP contribution is -2.10. The lowest BCUT2D eigenvalue weighted by molar-refractivity contribution is -0.383. The number of carbonyl (C=O) groups excluding carboxylic acids is 1. The highest BCUT2D eigenvalue weighted by Crippen LogP contribution is 2.30. The number of nitro groups is 1. The van der Waals surface area contributed by atoms with Crippen molar-refractivity contribution in [2.24, 2.45) is 0 Å². The maximum Gasteiger partial charge on any atom is 0.336 e. The first kappa shape index (κ1) is 19.1. The molecule has 0 fully saturated rings. The normalized spacial score (nSPS) is 10.3. The minimum absolute atomic E-state index is 0.0112. The van der Waals surface area contributed by atoms with Crippen molar-refractivity contribution in [1.29, 1.82) is 0 Å². The van der Waals surface area contributed by atoms with Gasteiger partial charge in [-0.15, -0.1) is 0 Å². The molecular weight excluding hydrogens is 384 g/mol. The van der Waals surface area contributed by atoms with E-state index in [2.05, 4.69) is 5.32 Å². The molecule has 3 aromatic carbocycles. The zero-order valence-corrected chi connectivity index (χ0v) is 15.0. The Morgan fingerprint density at radius 2 is 1.68 bits per heavy atom. The molecule has 0 atom stereocenters. The molecule has 3 rings (SSSR count). The summed E-state index contributed by atoms with van der Waals surface area (Å²) in [4.78, 5) is 35.0.